The SMILES string of the molecule is COC(=O)C(C)(C)Cc1ccc(B2OC(C)(C)C(C)(C)O2)cc1Cl. The normalized spacial score (nSPS) is 19.4. The van der Waals surface area contributed by atoms with Gasteiger partial charge in [0.2, 0.25) is 0 Å². The van der Waals surface area contributed by atoms with Gasteiger partial charge in [0.1, 0.15) is 0 Å². The Kier molecular flexibility index (Phi) is 5.11. The Bertz CT molecular complexity index is 624. The summed E-state index contributed by atoms with van der Waals surface area (Å²) in [6, 6.07) is 5.72. The van der Waals surface area contributed by atoms with E-state index in [2.05, 4.69) is 0 Å². The molecule has 4 nitrogen and oxygen atoms in total. The molecular formula is C18H26BClO4. The quantitative estimate of drug-likeness (QED) is 0.615. The summed E-state index contributed by atoms with van der Waals surface area (Å²) in [4.78, 5) is 11.9. The first kappa shape index (κ1) is 19.3. The summed E-state index contributed by atoms with van der Waals surface area (Å²) in [6.45, 7) is 11.8. The summed E-state index contributed by atoms with van der Waals surface area (Å²) >= 11 is 6.44. The first-order chi connectivity index (χ1) is 10.9. The Hall–Kier alpha value is -1.04. The summed E-state index contributed by atoms with van der Waals surface area (Å²) < 4.78 is 16.9. The topological polar surface area (TPSA) is 44.8 Å². The molecule has 1 aromatic rings. The van der Waals surface area contributed by atoms with Crippen LogP contribution in [-0.2, 0) is 25.3 Å². The highest BCUT2D eigenvalue weighted by molar-refractivity contribution is 6.62. The minimum atomic E-state index is -0.635. The van der Waals surface area contributed by atoms with Crippen molar-refractivity contribution in [2.45, 2.75) is 59.2 Å². The average molecular weight is 353 g/mol. The second kappa shape index (κ2) is 6.36. The van der Waals surface area contributed by atoms with Gasteiger partial charge in [-0.25, -0.2) is 0 Å². The van der Waals surface area contributed by atoms with Crippen LogP contribution in [0.5, 0.6) is 0 Å². The lowest BCUT2D eigenvalue weighted by Crippen LogP contribution is -2.41. The van der Waals surface area contributed by atoms with E-state index in [-0.39, 0.29) is 5.97 Å². The second-order valence-electron chi connectivity index (χ2n) is 7.99. The van der Waals surface area contributed by atoms with E-state index in [1.165, 1.54) is 7.11 Å². The number of carbonyl (C=O) groups excluding carboxylic acids is 1. The Labute approximate surface area is 150 Å². The highest BCUT2D eigenvalue weighted by Gasteiger charge is 2.51. The van der Waals surface area contributed by atoms with Crippen molar-refractivity contribution in [3.05, 3.63) is 28.8 Å². The van der Waals surface area contributed by atoms with Crippen molar-refractivity contribution >= 4 is 30.2 Å². The molecule has 6 heteroatoms. The zero-order valence-electron chi connectivity index (χ0n) is 15.5. The Morgan fingerprint density at radius 3 is 2.21 bits per heavy atom. The van der Waals surface area contributed by atoms with Crippen LogP contribution in [0.15, 0.2) is 18.2 Å². The fraction of sp³-hybridized carbons (Fsp3) is 0.611. The van der Waals surface area contributed by atoms with Crippen LogP contribution >= 0.6 is 11.6 Å². The molecule has 1 aliphatic rings. The molecule has 2 rings (SSSR count). The molecule has 24 heavy (non-hydrogen) atoms. The molecule has 1 fully saturated rings. The lowest BCUT2D eigenvalue weighted by Gasteiger charge is -2.32. The van der Waals surface area contributed by atoms with Gasteiger partial charge in [-0.3, -0.25) is 4.79 Å². The Morgan fingerprint density at radius 1 is 1.21 bits per heavy atom. The van der Waals surface area contributed by atoms with E-state index in [0.717, 1.165) is 11.0 Å². The van der Waals surface area contributed by atoms with Crippen molar-refractivity contribution < 1.29 is 18.8 Å². The summed E-state index contributed by atoms with van der Waals surface area (Å²) in [5, 5.41) is 0.596. The van der Waals surface area contributed by atoms with Gasteiger partial charge in [-0.2, -0.15) is 0 Å². The smallest absolute Gasteiger partial charge is 0.469 e. The molecule has 0 amide bonds. The Balaban J connectivity index is 2.21. The van der Waals surface area contributed by atoms with Gasteiger partial charge in [0.15, 0.2) is 0 Å². The van der Waals surface area contributed by atoms with Gasteiger partial charge < -0.3 is 14.0 Å². The lowest BCUT2D eigenvalue weighted by molar-refractivity contribution is -0.150. The predicted octanol–water partition coefficient (Wildman–Crippen LogP) is 3.38. The molecule has 0 atom stereocenters. The standard InChI is InChI=1S/C18H26BClO4/c1-16(2,15(21)22-7)11-12-8-9-13(10-14(12)20)19-23-17(3,4)18(5,6)24-19/h8-10H,11H2,1-7H3. The van der Waals surface area contributed by atoms with Crippen LogP contribution in [0.2, 0.25) is 5.02 Å². The maximum absolute atomic E-state index is 11.9. The summed E-state index contributed by atoms with van der Waals surface area (Å²) in [6.07, 6.45) is 0.502. The summed E-state index contributed by atoms with van der Waals surface area (Å²) in [7, 11) is 0.947. The third kappa shape index (κ3) is 3.63. The molecule has 0 aliphatic carbocycles. The van der Waals surface area contributed by atoms with Crippen molar-refractivity contribution in [1.29, 1.82) is 0 Å². The molecule has 0 aromatic heterocycles. The molecule has 1 aromatic carbocycles. The molecule has 132 valence electrons. The molecule has 1 aliphatic heterocycles. The fourth-order valence-electron chi connectivity index (χ4n) is 2.66. The van der Waals surface area contributed by atoms with Gasteiger partial charge in [-0.05, 0) is 65.1 Å². The molecule has 0 saturated carbocycles. The maximum atomic E-state index is 11.9. The summed E-state index contributed by atoms with van der Waals surface area (Å²) in [5.74, 6) is -0.256. The minimum Gasteiger partial charge on any atom is -0.469 e. The molecule has 0 bridgehead atoms. The van der Waals surface area contributed by atoms with E-state index in [4.69, 9.17) is 25.6 Å². The zero-order valence-corrected chi connectivity index (χ0v) is 16.3. The van der Waals surface area contributed by atoms with Crippen molar-refractivity contribution in [1.82, 2.24) is 0 Å². The molecule has 0 N–H and O–H groups in total. The van der Waals surface area contributed by atoms with E-state index >= 15 is 0 Å². The molecule has 0 spiro atoms. The van der Waals surface area contributed by atoms with Crippen molar-refractivity contribution in [3.63, 3.8) is 0 Å². The van der Waals surface area contributed by atoms with Crippen molar-refractivity contribution in [3.8, 4) is 0 Å². The monoisotopic (exact) mass is 352 g/mol. The van der Waals surface area contributed by atoms with Crippen LogP contribution in [-0.4, -0.2) is 31.4 Å². The van der Waals surface area contributed by atoms with Crippen LogP contribution < -0.4 is 5.46 Å². The number of hydrogen-bond donors (Lipinski definition) is 0. The molecule has 0 radical (unpaired) electrons. The highest BCUT2D eigenvalue weighted by atomic mass is 35.5. The third-order valence-electron chi connectivity index (χ3n) is 4.97. The van der Waals surface area contributed by atoms with E-state index < -0.39 is 23.7 Å². The largest absolute Gasteiger partial charge is 0.494 e. The molecule has 0 unspecified atom stereocenters. The lowest BCUT2D eigenvalue weighted by atomic mass is 9.77. The number of rotatable bonds is 4. The maximum Gasteiger partial charge on any atom is 0.494 e. The predicted molar refractivity (Wildman–Crippen MR) is 96.7 cm³/mol. The van der Waals surface area contributed by atoms with Gasteiger partial charge in [0.05, 0.1) is 23.7 Å². The van der Waals surface area contributed by atoms with Crippen LogP contribution in [0.3, 0.4) is 0 Å². The minimum absolute atomic E-state index is 0.256. The number of ether oxygens (including phenoxy) is 1. The number of benzene rings is 1. The first-order valence-corrected chi connectivity index (χ1v) is 8.50. The van der Waals surface area contributed by atoms with Gasteiger partial charge in [-0.1, -0.05) is 23.7 Å². The van der Waals surface area contributed by atoms with Crippen LogP contribution in [0.4, 0.5) is 0 Å². The number of hydrogen-bond acceptors (Lipinski definition) is 4. The van der Waals surface area contributed by atoms with Crippen LogP contribution in [0.25, 0.3) is 0 Å². The van der Waals surface area contributed by atoms with E-state index in [1.807, 2.05) is 59.7 Å². The van der Waals surface area contributed by atoms with Crippen LogP contribution in [0.1, 0.15) is 47.1 Å². The summed E-state index contributed by atoms with van der Waals surface area (Å²) in [5.41, 5.74) is 0.348. The molecule has 1 heterocycles. The first-order valence-electron chi connectivity index (χ1n) is 8.12. The molecule has 1 saturated heterocycles. The van der Waals surface area contributed by atoms with E-state index in [9.17, 15) is 4.79 Å². The Morgan fingerprint density at radius 2 is 1.75 bits per heavy atom. The average Bonchev–Trinajstić information content (AvgIpc) is 2.68. The molecular weight excluding hydrogens is 326 g/mol. The van der Waals surface area contributed by atoms with Gasteiger partial charge in [-0.15, -0.1) is 0 Å². The number of esters is 1. The zero-order chi connectivity index (χ0) is 18.3. The van der Waals surface area contributed by atoms with Gasteiger partial charge >= 0.3 is 13.1 Å². The fourth-order valence-corrected chi connectivity index (χ4v) is 2.91. The second-order valence-corrected chi connectivity index (χ2v) is 8.40. The third-order valence-corrected chi connectivity index (χ3v) is 5.32. The van der Waals surface area contributed by atoms with E-state index in [1.54, 1.807) is 0 Å². The highest BCUT2D eigenvalue weighted by Crippen LogP contribution is 2.37. The number of carbonyl (C=O) groups is 1. The van der Waals surface area contributed by atoms with Crippen LogP contribution in [0, 0.1) is 5.41 Å². The number of methoxy groups -OCH3 is 1. The van der Waals surface area contributed by atoms with Gasteiger partial charge in [0.25, 0.3) is 0 Å². The number of halogens is 1. The van der Waals surface area contributed by atoms with E-state index in [0.29, 0.717) is 11.4 Å². The van der Waals surface area contributed by atoms with Crippen molar-refractivity contribution in [2.75, 3.05) is 7.11 Å². The van der Waals surface area contributed by atoms with Gasteiger partial charge in [0, 0.05) is 5.02 Å². The van der Waals surface area contributed by atoms with Crippen molar-refractivity contribution in [2.24, 2.45) is 5.41 Å².